The highest BCUT2D eigenvalue weighted by Gasteiger charge is 2.31. The van der Waals surface area contributed by atoms with Gasteiger partial charge in [0.25, 0.3) is 0 Å². The maximum Gasteiger partial charge on any atom is 0.150 e. The standard InChI is InChI=1S/C12H24O3S/c1-2-16(14,15)10-6-9-12(11-13)7-4-3-5-8-12/h13H,2-11H2,1H3. The zero-order valence-electron chi connectivity index (χ0n) is 10.2. The van der Waals surface area contributed by atoms with Crippen LogP contribution in [0.15, 0.2) is 0 Å². The van der Waals surface area contributed by atoms with E-state index < -0.39 is 9.84 Å². The molecule has 1 rings (SSSR count). The Kier molecular flexibility index (Phi) is 5.25. The van der Waals surface area contributed by atoms with Gasteiger partial charge in [-0.25, -0.2) is 8.42 Å². The predicted octanol–water partition coefficient (Wildman–Crippen LogP) is 2.14. The van der Waals surface area contributed by atoms with Gasteiger partial charge in [0, 0.05) is 12.4 Å². The van der Waals surface area contributed by atoms with E-state index in [1.165, 1.54) is 19.3 Å². The summed E-state index contributed by atoms with van der Waals surface area (Å²) < 4.78 is 22.7. The lowest BCUT2D eigenvalue weighted by Crippen LogP contribution is -2.29. The molecule has 3 nitrogen and oxygen atoms in total. The monoisotopic (exact) mass is 248 g/mol. The molecule has 0 saturated heterocycles. The summed E-state index contributed by atoms with van der Waals surface area (Å²) in [4.78, 5) is 0. The van der Waals surface area contributed by atoms with E-state index in [1.54, 1.807) is 6.92 Å². The van der Waals surface area contributed by atoms with Crippen molar-refractivity contribution >= 4 is 9.84 Å². The molecule has 4 heteroatoms. The average molecular weight is 248 g/mol. The van der Waals surface area contributed by atoms with Crippen LogP contribution in [0.4, 0.5) is 0 Å². The molecule has 0 heterocycles. The molecule has 0 spiro atoms. The Bertz CT molecular complexity index is 289. The van der Waals surface area contributed by atoms with Gasteiger partial charge in [0.05, 0.1) is 5.75 Å². The molecule has 0 aromatic heterocycles. The van der Waals surface area contributed by atoms with Crippen LogP contribution in [0.1, 0.15) is 51.9 Å². The summed E-state index contributed by atoms with van der Waals surface area (Å²) in [5.74, 6) is 0.518. The molecule has 16 heavy (non-hydrogen) atoms. The second kappa shape index (κ2) is 6.01. The molecule has 96 valence electrons. The van der Waals surface area contributed by atoms with Gasteiger partial charge >= 0.3 is 0 Å². The topological polar surface area (TPSA) is 54.4 Å². The van der Waals surface area contributed by atoms with Crippen molar-refractivity contribution in [3.63, 3.8) is 0 Å². The molecule has 1 N–H and O–H groups in total. The highest BCUT2D eigenvalue weighted by atomic mass is 32.2. The summed E-state index contributed by atoms with van der Waals surface area (Å²) in [7, 11) is -2.84. The maximum atomic E-state index is 11.4. The zero-order chi connectivity index (χ0) is 12.1. The van der Waals surface area contributed by atoms with Gasteiger partial charge in [-0.15, -0.1) is 0 Å². The molecular weight excluding hydrogens is 224 g/mol. The van der Waals surface area contributed by atoms with Gasteiger partial charge in [0.15, 0.2) is 0 Å². The van der Waals surface area contributed by atoms with E-state index in [0.717, 1.165) is 19.3 Å². The first-order valence-corrected chi connectivity index (χ1v) is 8.17. The first-order chi connectivity index (χ1) is 7.54. The van der Waals surface area contributed by atoms with Crippen LogP contribution < -0.4 is 0 Å². The Hall–Kier alpha value is -0.0900. The summed E-state index contributed by atoms with van der Waals surface area (Å²) in [5.41, 5.74) is 0.0293. The molecule has 1 fully saturated rings. The van der Waals surface area contributed by atoms with Crippen LogP contribution in [0.25, 0.3) is 0 Å². The van der Waals surface area contributed by atoms with Crippen molar-refractivity contribution in [1.82, 2.24) is 0 Å². The predicted molar refractivity (Wildman–Crippen MR) is 66.2 cm³/mol. The zero-order valence-corrected chi connectivity index (χ0v) is 11.1. The largest absolute Gasteiger partial charge is 0.396 e. The lowest BCUT2D eigenvalue weighted by molar-refractivity contribution is 0.0729. The minimum atomic E-state index is -2.84. The fourth-order valence-corrected chi connectivity index (χ4v) is 3.47. The minimum Gasteiger partial charge on any atom is -0.396 e. The lowest BCUT2D eigenvalue weighted by atomic mass is 9.72. The van der Waals surface area contributed by atoms with E-state index in [0.29, 0.717) is 6.42 Å². The average Bonchev–Trinajstić information content (AvgIpc) is 2.30. The van der Waals surface area contributed by atoms with Gasteiger partial charge in [0.2, 0.25) is 0 Å². The first-order valence-electron chi connectivity index (χ1n) is 6.35. The van der Waals surface area contributed by atoms with Crippen molar-refractivity contribution in [2.45, 2.75) is 51.9 Å². The Morgan fingerprint density at radius 1 is 1.19 bits per heavy atom. The molecule has 1 aliphatic rings. The molecule has 0 radical (unpaired) electrons. The molecule has 0 atom stereocenters. The van der Waals surface area contributed by atoms with Crippen molar-refractivity contribution in [3.8, 4) is 0 Å². The molecule has 1 saturated carbocycles. The van der Waals surface area contributed by atoms with Crippen LogP contribution in [0.5, 0.6) is 0 Å². The van der Waals surface area contributed by atoms with E-state index in [1.807, 2.05) is 0 Å². The van der Waals surface area contributed by atoms with Gasteiger partial charge in [-0.2, -0.15) is 0 Å². The summed E-state index contributed by atoms with van der Waals surface area (Å²) in [6.07, 6.45) is 7.32. The summed E-state index contributed by atoms with van der Waals surface area (Å²) in [6.45, 7) is 1.91. The third kappa shape index (κ3) is 4.06. The summed E-state index contributed by atoms with van der Waals surface area (Å²) >= 11 is 0. The fraction of sp³-hybridized carbons (Fsp3) is 1.00. The molecule has 0 bridgehead atoms. The number of aliphatic hydroxyl groups is 1. The van der Waals surface area contributed by atoms with E-state index in [2.05, 4.69) is 0 Å². The van der Waals surface area contributed by atoms with Gasteiger partial charge in [-0.05, 0) is 31.1 Å². The molecule has 1 aliphatic carbocycles. The Morgan fingerprint density at radius 3 is 2.31 bits per heavy atom. The fourth-order valence-electron chi connectivity index (χ4n) is 2.60. The summed E-state index contributed by atoms with van der Waals surface area (Å²) in [6, 6.07) is 0. The first kappa shape index (κ1) is 14.0. The van der Waals surface area contributed by atoms with Crippen LogP contribution in [-0.2, 0) is 9.84 Å². The van der Waals surface area contributed by atoms with E-state index in [4.69, 9.17) is 0 Å². The molecular formula is C12H24O3S. The molecule has 0 aromatic carbocycles. The Morgan fingerprint density at radius 2 is 1.81 bits per heavy atom. The lowest BCUT2D eigenvalue weighted by Gasteiger charge is -2.35. The van der Waals surface area contributed by atoms with Gasteiger partial charge < -0.3 is 5.11 Å². The number of aliphatic hydroxyl groups excluding tert-OH is 1. The normalized spacial score (nSPS) is 20.9. The third-order valence-corrected chi connectivity index (χ3v) is 5.64. The molecule has 0 aliphatic heterocycles. The van der Waals surface area contributed by atoms with E-state index in [9.17, 15) is 13.5 Å². The van der Waals surface area contributed by atoms with Crippen molar-refractivity contribution in [2.75, 3.05) is 18.1 Å². The highest BCUT2D eigenvalue weighted by Crippen LogP contribution is 2.39. The SMILES string of the molecule is CCS(=O)(=O)CCCC1(CO)CCCCC1. The Balaban J connectivity index is 2.39. The maximum absolute atomic E-state index is 11.4. The van der Waals surface area contributed by atoms with Crippen LogP contribution in [0.2, 0.25) is 0 Å². The Labute approximate surface area is 99.2 Å². The van der Waals surface area contributed by atoms with Gasteiger partial charge in [-0.3, -0.25) is 0 Å². The van der Waals surface area contributed by atoms with Gasteiger partial charge in [-0.1, -0.05) is 26.2 Å². The second-order valence-electron chi connectivity index (χ2n) is 5.06. The third-order valence-electron chi connectivity index (χ3n) is 3.85. The second-order valence-corrected chi connectivity index (χ2v) is 7.53. The van der Waals surface area contributed by atoms with Crippen molar-refractivity contribution < 1.29 is 13.5 Å². The van der Waals surface area contributed by atoms with E-state index >= 15 is 0 Å². The molecule has 0 unspecified atom stereocenters. The quantitative estimate of drug-likeness (QED) is 0.783. The molecule has 0 aromatic rings. The van der Waals surface area contributed by atoms with Crippen LogP contribution in [0, 0.1) is 5.41 Å². The van der Waals surface area contributed by atoms with Crippen molar-refractivity contribution in [1.29, 1.82) is 0 Å². The number of sulfone groups is 1. The smallest absolute Gasteiger partial charge is 0.150 e. The number of hydrogen-bond donors (Lipinski definition) is 1. The summed E-state index contributed by atoms with van der Waals surface area (Å²) in [5, 5.41) is 9.48. The number of hydrogen-bond acceptors (Lipinski definition) is 3. The van der Waals surface area contributed by atoms with Gasteiger partial charge in [0.1, 0.15) is 9.84 Å². The van der Waals surface area contributed by atoms with E-state index in [-0.39, 0.29) is 23.5 Å². The van der Waals surface area contributed by atoms with Crippen LogP contribution in [0.3, 0.4) is 0 Å². The van der Waals surface area contributed by atoms with Crippen molar-refractivity contribution in [3.05, 3.63) is 0 Å². The highest BCUT2D eigenvalue weighted by molar-refractivity contribution is 7.91. The number of rotatable bonds is 6. The molecule has 0 amide bonds. The minimum absolute atomic E-state index is 0.0293. The van der Waals surface area contributed by atoms with Crippen LogP contribution >= 0.6 is 0 Å². The van der Waals surface area contributed by atoms with Crippen LogP contribution in [-0.4, -0.2) is 31.6 Å². The van der Waals surface area contributed by atoms with Crippen molar-refractivity contribution in [2.24, 2.45) is 5.41 Å².